The minimum absolute atomic E-state index is 0.0495. The number of methoxy groups -OCH3 is 1. The molecule has 0 saturated heterocycles. The zero-order valence-corrected chi connectivity index (χ0v) is 14.5. The standard InChI is InChI=1S/C21H19N3O2/c1-26-20-9-5-2-6-15(20)12-17(13-22)21(25)23-11-10-16-14-24-19-8-4-3-7-18(16)19/h2-9,12,14,24H,10-11H2,1H3,(H,23,25). The van der Waals surface area contributed by atoms with Gasteiger partial charge < -0.3 is 15.0 Å². The highest BCUT2D eigenvalue weighted by molar-refractivity contribution is 6.02. The van der Waals surface area contributed by atoms with E-state index in [0.717, 1.165) is 16.5 Å². The molecule has 5 heteroatoms. The number of carbonyl (C=O) groups excluding carboxylic acids is 1. The van der Waals surface area contributed by atoms with Gasteiger partial charge in [0.15, 0.2) is 0 Å². The van der Waals surface area contributed by atoms with Crippen molar-refractivity contribution < 1.29 is 9.53 Å². The molecule has 3 rings (SSSR count). The molecule has 5 nitrogen and oxygen atoms in total. The van der Waals surface area contributed by atoms with Crippen LogP contribution in [-0.4, -0.2) is 24.5 Å². The minimum Gasteiger partial charge on any atom is -0.496 e. The van der Waals surface area contributed by atoms with Gasteiger partial charge in [0.2, 0.25) is 0 Å². The Labute approximate surface area is 151 Å². The average Bonchev–Trinajstić information content (AvgIpc) is 3.09. The lowest BCUT2D eigenvalue weighted by atomic mass is 10.1. The fourth-order valence-electron chi connectivity index (χ4n) is 2.83. The molecular formula is C21H19N3O2. The van der Waals surface area contributed by atoms with Crippen LogP contribution in [0.25, 0.3) is 17.0 Å². The van der Waals surface area contributed by atoms with Crippen LogP contribution in [0.15, 0.2) is 60.3 Å². The number of nitriles is 1. The summed E-state index contributed by atoms with van der Waals surface area (Å²) in [6.07, 6.45) is 4.18. The van der Waals surface area contributed by atoms with Gasteiger partial charge in [-0.2, -0.15) is 5.26 Å². The van der Waals surface area contributed by atoms with Crippen LogP contribution in [0.3, 0.4) is 0 Å². The van der Waals surface area contributed by atoms with Gasteiger partial charge in [0.25, 0.3) is 5.91 Å². The van der Waals surface area contributed by atoms with Gasteiger partial charge in [-0.3, -0.25) is 4.79 Å². The van der Waals surface area contributed by atoms with Crippen molar-refractivity contribution in [2.75, 3.05) is 13.7 Å². The monoisotopic (exact) mass is 345 g/mol. The van der Waals surface area contributed by atoms with Crippen molar-refractivity contribution in [3.63, 3.8) is 0 Å². The lowest BCUT2D eigenvalue weighted by Gasteiger charge is -2.06. The zero-order valence-electron chi connectivity index (χ0n) is 14.5. The van der Waals surface area contributed by atoms with Crippen molar-refractivity contribution in [2.45, 2.75) is 6.42 Å². The largest absolute Gasteiger partial charge is 0.496 e. The molecule has 0 atom stereocenters. The highest BCUT2D eigenvalue weighted by Crippen LogP contribution is 2.20. The Morgan fingerprint density at radius 1 is 1.23 bits per heavy atom. The Morgan fingerprint density at radius 2 is 2.00 bits per heavy atom. The summed E-state index contributed by atoms with van der Waals surface area (Å²) < 4.78 is 5.25. The lowest BCUT2D eigenvalue weighted by Crippen LogP contribution is -2.26. The van der Waals surface area contributed by atoms with Crippen LogP contribution < -0.4 is 10.1 Å². The van der Waals surface area contributed by atoms with Crippen LogP contribution in [0.2, 0.25) is 0 Å². The first-order valence-electron chi connectivity index (χ1n) is 8.31. The van der Waals surface area contributed by atoms with E-state index in [0.29, 0.717) is 24.3 Å². The Bertz CT molecular complexity index is 996. The third kappa shape index (κ3) is 3.76. The van der Waals surface area contributed by atoms with Gasteiger partial charge in [-0.05, 0) is 30.2 Å². The van der Waals surface area contributed by atoms with Gasteiger partial charge in [0.05, 0.1) is 7.11 Å². The number of aromatic amines is 1. The topological polar surface area (TPSA) is 77.9 Å². The summed E-state index contributed by atoms with van der Waals surface area (Å²) in [6.45, 7) is 0.450. The third-order valence-corrected chi connectivity index (χ3v) is 4.16. The minimum atomic E-state index is -0.391. The Hall–Kier alpha value is -3.52. The molecule has 0 aliphatic heterocycles. The molecule has 26 heavy (non-hydrogen) atoms. The van der Waals surface area contributed by atoms with Crippen LogP contribution in [0.1, 0.15) is 11.1 Å². The maximum Gasteiger partial charge on any atom is 0.261 e. The normalized spacial score (nSPS) is 11.2. The van der Waals surface area contributed by atoms with Gasteiger partial charge in [-0.15, -0.1) is 0 Å². The third-order valence-electron chi connectivity index (χ3n) is 4.16. The van der Waals surface area contributed by atoms with E-state index in [1.807, 2.05) is 48.7 Å². The molecule has 2 N–H and O–H groups in total. The van der Waals surface area contributed by atoms with Crippen LogP contribution in [0.4, 0.5) is 0 Å². The van der Waals surface area contributed by atoms with Gasteiger partial charge in [-0.1, -0.05) is 36.4 Å². The fourth-order valence-corrected chi connectivity index (χ4v) is 2.83. The molecule has 0 fully saturated rings. The first kappa shape index (κ1) is 17.3. The second-order valence-electron chi connectivity index (χ2n) is 5.78. The first-order valence-corrected chi connectivity index (χ1v) is 8.31. The van der Waals surface area contributed by atoms with E-state index in [1.165, 1.54) is 0 Å². The number of H-pyrrole nitrogens is 1. The van der Waals surface area contributed by atoms with E-state index >= 15 is 0 Å². The summed E-state index contributed by atoms with van der Waals surface area (Å²) in [5.74, 6) is 0.227. The smallest absolute Gasteiger partial charge is 0.261 e. The number of hydrogen-bond donors (Lipinski definition) is 2. The summed E-state index contributed by atoms with van der Waals surface area (Å²) in [5, 5.41) is 13.3. The molecule has 130 valence electrons. The number of rotatable bonds is 6. The van der Waals surface area contributed by atoms with Gasteiger partial charge in [0, 0.05) is 29.2 Å². The Balaban J connectivity index is 1.66. The second-order valence-corrected chi connectivity index (χ2v) is 5.78. The highest BCUT2D eigenvalue weighted by atomic mass is 16.5. The number of fused-ring (bicyclic) bond motifs is 1. The lowest BCUT2D eigenvalue weighted by molar-refractivity contribution is -0.117. The quantitative estimate of drug-likeness (QED) is 0.531. The number of nitrogens with one attached hydrogen (secondary N) is 2. The number of aromatic nitrogens is 1. The van der Waals surface area contributed by atoms with E-state index < -0.39 is 5.91 Å². The van der Waals surface area contributed by atoms with Gasteiger partial charge in [-0.25, -0.2) is 0 Å². The van der Waals surface area contributed by atoms with Crippen molar-refractivity contribution in [3.8, 4) is 11.8 Å². The molecule has 3 aromatic rings. The molecule has 0 aliphatic rings. The van der Waals surface area contributed by atoms with E-state index in [4.69, 9.17) is 4.74 Å². The van der Waals surface area contributed by atoms with E-state index in [2.05, 4.69) is 10.3 Å². The van der Waals surface area contributed by atoms with Crippen molar-refractivity contribution in [3.05, 3.63) is 71.4 Å². The van der Waals surface area contributed by atoms with Crippen LogP contribution in [-0.2, 0) is 11.2 Å². The maximum atomic E-state index is 12.3. The number of benzene rings is 2. The molecule has 0 spiro atoms. The molecule has 0 aliphatic carbocycles. The second kappa shape index (κ2) is 8.04. The van der Waals surface area contributed by atoms with E-state index in [-0.39, 0.29) is 5.57 Å². The molecule has 1 aromatic heterocycles. The van der Waals surface area contributed by atoms with Crippen LogP contribution in [0.5, 0.6) is 5.75 Å². The molecular weight excluding hydrogens is 326 g/mol. The molecule has 2 aromatic carbocycles. The summed E-state index contributed by atoms with van der Waals surface area (Å²) in [6, 6.07) is 17.2. The molecule has 0 radical (unpaired) electrons. The predicted octanol–water partition coefficient (Wildman–Crippen LogP) is 3.44. The molecule has 0 bridgehead atoms. The molecule has 0 saturated carbocycles. The number of hydrogen-bond acceptors (Lipinski definition) is 3. The SMILES string of the molecule is COc1ccccc1C=C(C#N)C(=O)NCCc1c[nH]c2ccccc12. The zero-order chi connectivity index (χ0) is 18.4. The van der Waals surface area contributed by atoms with E-state index in [9.17, 15) is 10.1 Å². The summed E-state index contributed by atoms with van der Waals surface area (Å²) >= 11 is 0. The van der Waals surface area contributed by atoms with Crippen molar-refractivity contribution >= 4 is 22.9 Å². The molecule has 1 amide bonds. The number of carbonyl (C=O) groups is 1. The van der Waals surface area contributed by atoms with Crippen molar-refractivity contribution in [2.24, 2.45) is 0 Å². The maximum absolute atomic E-state index is 12.3. The molecule has 0 unspecified atom stereocenters. The average molecular weight is 345 g/mol. The first-order chi connectivity index (χ1) is 12.7. The Morgan fingerprint density at radius 3 is 2.81 bits per heavy atom. The number of ether oxygens (including phenoxy) is 1. The van der Waals surface area contributed by atoms with Crippen LogP contribution in [0, 0.1) is 11.3 Å². The van der Waals surface area contributed by atoms with E-state index in [1.54, 1.807) is 25.3 Å². The summed E-state index contributed by atoms with van der Waals surface area (Å²) in [7, 11) is 1.56. The number of para-hydroxylation sites is 2. The fraction of sp³-hybridized carbons (Fsp3) is 0.143. The van der Waals surface area contributed by atoms with Crippen LogP contribution >= 0.6 is 0 Å². The highest BCUT2D eigenvalue weighted by Gasteiger charge is 2.11. The van der Waals surface area contributed by atoms with Crippen molar-refractivity contribution in [1.82, 2.24) is 10.3 Å². The van der Waals surface area contributed by atoms with Gasteiger partial charge in [0.1, 0.15) is 17.4 Å². The summed E-state index contributed by atoms with van der Waals surface area (Å²) in [5.41, 5.74) is 2.95. The summed E-state index contributed by atoms with van der Waals surface area (Å²) in [4.78, 5) is 15.5. The predicted molar refractivity (Wildman–Crippen MR) is 102 cm³/mol. The molecule has 1 heterocycles. The van der Waals surface area contributed by atoms with Gasteiger partial charge >= 0.3 is 0 Å². The number of amides is 1. The van der Waals surface area contributed by atoms with Crippen molar-refractivity contribution in [1.29, 1.82) is 5.26 Å². The number of nitrogens with zero attached hydrogens (tertiary/aromatic N) is 1. The Kier molecular flexibility index (Phi) is 5.35.